The molecule has 0 amide bonds. The largest absolute Gasteiger partial charge is 0.416 e. The highest BCUT2D eigenvalue weighted by molar-refractivity contribution is 5.61. The zero-order valence-corrected chi connectivity index (χ0v) is 13.2. The van der Waals surface area contributed by atoms with Crippen molar-refractivity contribution >= 4 is 11.6 Å². The quantitative estimate of drug-likeness (QED) is 0.760. The molecule has 1 heterocycles. The number of hydrogen-bond acceptors (Lipinski definition) is 4. The van der Waals surface area contributed by atoms with Gasteiger partial charge in [0.15, 0.2) is 5.49 Å². The smallest absolute Gasteiger partial charge is 0.323 e. The van der Waals surface area contributed by atoms with Crippen LogP contribution in [0.3, 0.4) is 0 Å². The van der Waals surface area contributed by atoms with Gasteiger partial charge in [0.2, 0.25) is 5.95 Å². The number of anilines is 2. The molecule has 128 valence electrons. The second kappa shape index (κ2) is 6.39. The molecule has 0 aliphatic heterocycles. The zero-order chi connectivity index (χ0) is 18.0. The summed E-state index contributed by atoms with van der Waals surface area (Å²) in [5, 5.41) is 14.9. The maximum atomic E-state index is 12.8. The Morgan fingerprint density at radius 2 is 1.76 bits per heavy atom. The van der Waals surface area contributed by atoms with E-state index in [0.717, 1.165) is 17.7 Å². The third-order valence-corrected chi connectivity index (χ3v) is 3.50. The minimum atomic E-state index is -4.43. The Bertz CT molecular complexity index is 948. The third-order valence-electron chi connectivity index (χ3n) is 3.50. The molecule has 0 saturated heterocycles. The monoisotopic (exact) mass is 345 g/mol. The average Bonchev–Trinajstić information content (AvgIpc) is 2.58. The normalized spacial score (nSPS) is 11.4. The fraction of sp³-hybridized carbons (Fsp3) is 0.118. The number of hydrogen-bond donors (Lipinski definition) is 2. The molecule has 0 atom stereocenters. The third kappa shape index (κ3) is 3.68. The summed E-state index contributed by atoms with van der Waals surface area (Å²) in [6, 6.07) is 13.9. The number of nitrogens with zero attached hydrogens (tertiary/aromatic N) is 3. The number of aromatic nitrogens is 3. The molecular formula is C17H14F3N5. The number of halogens is 3. The second-order valence-electron chi connectivity index (χ2n) is 5.33. The highest BCUT2D eigenvalue weighted by atomic mass is 19.4. The molecule has 1 aromatic heterocycles. The number of benzene rings is 2. The van der Waals surface area contributed by atoms with Gasteiger partial charge in [0, 0.05) is 18.3 Å². The van der Waals surface area contributed by atoms with Gasteiger partial charge in [0.05, 0.1) is 5.56 Å². The highest BCUT2D eigenvalue weighted by Crippen LogP contribution is 2.31. The molecule has 5 nitrogen and oxygen atoms in total. The Morgan fingerprint density at radius 3 is 2.44 bits per heavy atom. The molecule has 3 aromatic rings. The molecule has 25 heavy (non-hydrogen) atoms. The van der Waals surface area contributed by atoms with E-state index < -0.39 is 11.7 Å². The molecule has 0 radical (unpaired) electrons. The Hall–Kier alpha value is -3.16. The lowest BCUT2D eigenvalue weighted by atomic mass is 10.1. The first kappa shape index (κ1) is 16.7. The van der Waals surface area contributed by atoms with Gasteiger partial charge in [0.25, 0.3) is 0 Å². The zero-order valence-electron chi connectivity index (χ0n) is 13.2. The van der Waals surface area contributed by atoms with Gasteiger partial charge in [-0.25, -0.2) is 9.67 Å². The van der Waals surface area contributed by atoms with Gasteiger partial charge in [-0.2, -0.15) is 13.2 Å². The summed E-state index contributed by atoms with van der Waals surface area (Å²) >= 11 is 0. The molecule has 0 saturated carbocycles. The van der Waals surface area contributed by atoms with E-state index in [0.29, 0.717) is 5.69 Å². The van der Waals surface area contributed by atoms with Crippen molar-refractivity contribution in [3.63, 3.8) is 0 Å². The maximum absolute atomic E-state index is 12.8. The lowest BCUT2D eigenvalue weighted by molar-refractivity contribution is -0.137. The van der Waals surface area contributed by atoms with Crippen LogP contribution in [0.2, 0.25) is 0 Å². The summed E-state index contributed by atoms with van der Waals surface area (Å²) in [5.74, 6) is 0.108. The van der Waals surface area contributed by atoms with Crippen LogP contribution in [0, 0.1) is 5.41 Å². The van der Waals surface area contributed by atoms with Gasteiger partial charge < -0.3 is 5.32 Å². The van der Waals surface area contributed by atoms with Crippen LogP contribution in [0.4, 0.5) is 24.8 Å². The van der Waals surface area contributed by atoms with Gasteiger partial charge in [-0.3, -0.25) is 5.41 Å². The number of nitrogens with one attached hydrogen (secondary N) is 2. The second-order valence-corrected chi connectivity index (χ2v) is 5.33. The van der Waals surface area contributed by atoms with Crippen LogP contribution in [-0.2, 0) is 13.2 Å². The number of rotatable bonds is 3. The minimum Gasteiger partial charge on any atom is -0.323 e. The first-order valence-corrected chi connectivity index (χ1v) is 7.34. The summed E-state index contributed by atoms with van der Waals surface area (Å²) < 4.78 is 39.8. The number of aryl methyl sites for hydroxylation is 1. The van der Waals surface area contributed by atoms with E-state index >= 15 is 0 Å². The van der Waals surface area contributed by atoms with Crippen molar-refractivity contribution in [3.8, 4) is 11.3 Å². The van der Waals surface area contributed by atoms with E-state index in [4.69, 9.17) is 5.41 Å². The molecule has 8 heteroatoms. The van der Waals surface area contributed by atoms with E-state index in [2.05, 4.69) is 15.4 Å². The van der Waals surface area contributed by atoms with Crippen molar-refractivity contribution in [2.24, 2.45) is 7.05 Å². The van der Waals surface area contributed by atoms with Crippen LogP contribution in [0.5, 0.6) is 0 Å². The van der Waals surface area contributed by atoms with Gasteiger partial charge >= 0.3 is 6.18 Å². The molecule has 0 fully saturated rings. The van der Waals surface area contributed by atoms with Gasteiger partial charge in [-0.15, -0.1) is 5.10 Å². The predicted octanol–water partition coefficient (Wildman–Crippen LogP) is 3.72. The van der Waals surface area contributed by atoms with Crippen LogP contribution in [0.25, 0.3) is 11.3 Å². The summed E-state index contributed by atoms with van der Waals surface area (Å²) in [5.41, 5.74) is 0.653. The Kier molecular flexibility index (Phi) is 4.26. The van der Waals surface area contributed by atoms with Crippen molar-refractivity contribution in [2.45, 2.75) is 6.18 Å². The molecule has 0 unspecified atom stereocenters. The van der Waals surface area contributed by atoms with Crippen LogP contribution < -0.4 is 10.8 Å². The lowest BCUT2D eigenvalue weighted by Gasteiger charge is -2.12. The maximum Gasteiger partial charge on any atom is 0.416 e. The van der Waals surface area contributed by atoms with Crippen molar-refractivity contribution in [1.82, 2.24) is 14.8 Å². The van der Waals surface area contributed by atoms with Crippen LogP contribution >= 0.6 is 0 Å². The van der Waals surface area contributed by atoms with Crippen molar-refractivity contribution in [2.75, 3.05) is 5.32 Å². The van der Waals surface area contributed by atoms with E-state index in [1.807, 2.05) is 18.2 Å². The Labute approximate surface area is 141 Å². The van der Waals surface area contributed by atoms with E-state index in [1.165, 1.54) is 16.8 Å². The molecule has 0 bridgehead atoms. The molecule has 0 spiro atoms. The van der Waals surface area contributed by atoms with Crippen LogP contribution in [-0.4, -0.2) is 14.8 Å². The summed E-state index contributed by atoms with van der Waals surface area (Å²) in [7, 11) is 1.58. The lowest BCUT2D eigenvalue weighted by Crippen LogP contribution is -2.24. The highest BCUT2D eigenvalue weighted by Gasteiger charge is 2.30. The van der Waals surface area contributed by atoms with Crippen LogP contribution in [0.15, 0.2) is 54.6 Å². The van der Waals surface area contributed by atoms with Gasteiger partial charge in [0.1, 0.15) is 5.69 Å². The van der Waals surface area contributed by atoms with E-state index in [1.54, 1.807) is 19.2 Å². The minimum absolute atomic E-state index is 0.0980. The van der Waals surface area contributed by atoms with Gasteiger partial charge in [-0.1, -0.05) is 36.4 Å². The molecule has 2 N–H and O–H groups in total. The fourth-order valence-corrected chi connectivity index (χ4v) is 2.28. The first-order chi connectivity index (χ1) is 11.8. The first-order valence-electron chi connectivity index (χ1n) is 7.34. The SMILES string of the molecule is Cn1nc(Nc2cccc(C(F)(F)F)c2)nc(-c2ccccc2)c1=N. The molecule has 0 aliphatic rings. The van der Waals surface area contributed by atoms with Crippen molar-refractivity contribution in [1.29, 1.82) is 5.41 Å². The van der Waals surface area contributed by atoms with Crippen molar-refractivity contribution < 1.29 is 13.2 Å². The Balaban J connectivity index is 2.00. The standard InChI is InChI=1S/C17H14F3N5/c1-25-15(21)14(11-6-3-2-4-7-11)23-16(24-25)22-13-9-5-8-12(10-13)17(18,19)20/h2-10,21H,1H3,(H,22,24). The summed E-state index contributed by atoms with van der Waals surface area (Å²) in [6.07, 6.45) is -4.43. The summed E-state index contributed by atoms with van der Waals surface area (Å²) in [4.78, 5) is 4.28. The predicted molar refractivity (Wildman–Crippen MR) is 87.0 cm³/mol. The van der Waals surface area contributed by atoms with Crippen LogP contribution in [0.1, 0.15) is 5.56 Å². The van der Waals surface area contributed by atoms with E-state index in [-0.39, 0.29) is 17.1 Å². The van der Waals surface area contributed by atoms with Gasteiger partial charge in [-0.05, 0) is 18.2 Å². The van der Waals surface area contributed by atoms with Crippen molar-refractivity contribution in [3.05, 3.63) is 65.6 Å². The fourth-order valence-electron chi connectivity index (χ4n) is 2.28. The van der Waals surface area contributed by atoms with E-state index in [9.17, 15) is 13.2 Å². The Morgan fingerprint density at radius 1 is 1.04 bits per heavy atom. The molecule has 3 rings (SSSR count). The number of alkyl halides is 3. The summed E-state index contributed by atoms with van der Waals surface area (Å²) in [6.45, 7) is 0. The molecule has 0 aliphatic carbocycles. The average molecular weight is 345 g/mol. The topological polar surface area (TPSA) is 66.6 Å². The molecule has 2 aromatic carbocycles. The molecular weight excluding hydrogens is 331 g/mol.